The molecular formula is C15H17BrClN3O. The number of halogens is 2. The van der Waals surface area contributed by atoms with Crippen molar-refractivity contribution in [3.05, 3.63) is 33.5 Å². The minimum Gasteiger partial charge on any atom is -0.334 e. The first kappa shape index (κ1) is 15.0. The number of nitrogens with zero attached hydrogens (tertiary/aromatic N) is 2. The molecule has 0 aliphatic heterocycles. The molecule has 6 heteroatoms. The molecule has 0 atom stereocenters. The Morgan fingerprint density at radius 3 is 2.62 bits per heavy atom. The van der Waals surface area contributed by atoms with E-state index in [0.717, 1.165) is 35.7 Å². The average Bonchev–Trinajstić information content (AvgIpc) is 2.86. The van der Waals surface area contributed by atoms with Gasteiger partial charge in [0, 0.05) is 4.47 Å². The molecule has 0 amide bonds. The Morgan fingerprint density at radius 2 is 1.90 bits per heavy atom. The zero-order valence-electron chi connectivity index (χ0n) is 11.6. The fraction of sp³-hybridized carbons (Fsp3) is 0.467. The van der Waals surface area contributed by atoms with Gasteiger partial charge in [-0.05, 0) is 40.9 Å². The number of benzene rings is 1. The molecule has 21 heavy (non-hydrogen) atoms. The Bertz CT molecular complexity index is 636. The van der Waals surface area contributed by atoms with Crippen molar-refractivity contribution in [2.24, 2.45) is 5.73 Å². The van der Waals surface area contributed by atoms with Crippen LogP contribution in [0.3, 0.4) is 0 Å². The van der Waals surface area contributed by atoms with Gasteiger partial charge in [0.1, 0.15) is 0 Å². The van der Waals surface area contributed by atoms with E-state index in [1.165, 1.54) is 12.8 Å². The maximum atomic E-state index is 6.51. The van der Waals surface area contributed by atoms with Crippen molar-refractivity contribution in [3.8, 4) is 11.5 Å². The largest absolute Gasteiger partial charge is 0.334 e. The summed E-state index contributed by atoms with van der Waals surface area (Å²) in [7, 11) is 0. The standard InChI is InChI=1S/C15H17BrClN3O/c16-11-7-5-6-10(12(11)17)13-19-14(20-21-13)15(18)8-3-1-2-4-9-15/h5-7H,1-4,8-9,18H2. The second-order valence-electron chi connectivity index (χ2n) is 5.59. The van der Waals surface area contributed by atoms with E-state index in [9.17, 15) is 0 Å². The van der Waals surface area contributed by atoms with Crippen LogP contribution in [-0.4, -0.2) is 10.1 Å². The fourth-order valence-electron chi connectivity index (χ4n) is 2.79. The van der Waals surface area contributed by atoms with Gasteiger partial charge in [0.05, 0.1) is 16.1 Å². The summed E-state index contributed by atoms with van der Waals surface area (Å²) in [6, 6.07) is 5.62. The SMILES string of the molecule is NC1(c2noc(-c3cccc(Br)c3Cl)n2)CCCCCC1. The highest BCUT2D eigenvalue weighted by Gasteiger charge is 2.33. The summed E-state index contributed by atoms with van der Waals surface area (Å²) in [6.45, 7) is 0. The van der Waals surface area contributed by atoms with Gasteiger partial charge in [-0.3, -0.25) is 0 Å². The summed E-state index contributed by atoms with van der Waals surface area (Å²) in [5.41, 5.74) is 6.76. The normalized spacial score (nSPS) is 18.4. The van der Waals surface area contributed by atoms with Crippen molar-refractivity contribution in [3.63, 3.8) is 0 Å². The maximum Gasteiger partial charge on any atom is 0.259 e. The summed E-state index contributed by atoms with van der Waals surface area (Å²) in [5.74, 6) is 1.01. The third kappa shape index (κ3) is 3.00. The molecule has 1 aromatic heterocycles. The van der Waals surface area contributed by atoms with Crippen LogP contribution < -0.4 is 5.73 Å². The molecule has 2 aromatic rings. The van der Waals surface area contributed by atoms with E-state index >= 15 is 0 Å². The molecule has 0 saturated heterocycles. The second kappa shape index (κ2) is 6.07. The fourth-order valence-corrected chi connectivity index (χ4v) is 3.36. The van der Waals surface area contributed by atoms with Crippen molar-refractivity contribution >= 4 is 27.5 Å². The van der Waals surface area contributed by atoms with Gasteiger partial charge in [-0.2, -0.15) is 4.98 Å². The van der Waals surface area contributed by atoms with Crippen LogP contribution >= 0.6 is 27.5 Å². The third-order valence-electron chi connectivity index (χ3n) is 4.05. The van der Waals surface area contributed by atoms with Crippen LogP contribution in [0.2, 0.25) is 5.02 Å². The Kier molecular flexibility index (Phi) is 4.33. The van der Waals surface area contributed by atoms with Crippen molar-refractivity contribution in [2.45, 2.75) is 44.1 Å². The molecule has 4 nitrogen and oxygen atoms in total. The van der Waals surface area contributed by atoms with E-state index in [1.807, 2.05) is 18.2 Å². The van der Waals surface area contributed by atoms with Crippen molar-refractivity contribution in [1.82, 2.24) is 10.1 Å². The minimum atomic E-state index is -0.475. The molecular weight excluding hydrogens is 354 g/mol. The Labute approximate surface area is 137 Å². The first-order valence-electron chi connectivity index (χ1n) is 7.18. The summed E-state index contributed by atoms with van der Waals surface area (Å²) in [4.78, 5) is 4.51. The molecule has 0 spiro atoms. The van der Waals surface area contributed by atoms with Gasteiger partial charge in [-0.1, -0.05) is 48.5 Å². The average molecular weight is 371 g/mol. The Morgan fingerprint density at radius 1 is 1.19 bits per heavy atom. The number of hydrogen-bond donors (Lipinski definition) is 1. The lowest BCUT2D eigenvalue weighted by Gasteiger charge is -2.23. The molecule has 1 heterocycles. The highest BCUT2D eigenvalue weighted by molar-refractivity contribution is 9.10. The van der Waals surface area contributed by atoms with Gasteiger partial charge >= 0.3 is 0 Å². The Hall–Kier alpha value is -0.910. The molecule has 1 saturated carbocycles. The van der Waals surface area contributed by atoms with Gasteiger partial charge in [-0.15, -0.1) is 0 Å². The maximum absolute atomic E-state index is 6.51. The zero-order chi connectivity index (χ0) is 14.9. The molecule has 1 aliphatic rings. The van der Waals surface area contributed by atoms with Gasteiger partial charge < -0.3 is 10.3 Å². The topological polar surface area (TPSA) is 64.9 Å². The van der Waals surface area contributed by atoms with Crippen molar-refractivity contribution in [1.29, 1.82) is 0 Å². The van der Waals surface area contributed by atoms with Crippen molar-refractivity contribution < 1.29 is 4.52 Å². The first-order valence-corrected chi connectivity index (χ1v) is 8.35. The van der Waals surface area contributed by atoms with Gasteiger partial charge in [0.2, 0.25) is 0 Å². The zero-order valence-corrected chi connectivity index (χ0v) is 14.0. The summed E-state index contributed by atoms with van der Waals surface area (Å²) >= 11 is 9.68. The highest BCUT2D eigenvalue weighted by atomic mass is 79.9. The lowest BCUT2D eigenvalue weighted by atomic mass is 9.91. The minimum absolute atomic E-state index is 0.422. The van der Waals surface area contributed by atoms with Crippen LogP contribution in [0.1, 0.15) is 44.3 Å². The molecule has 3 rings (SSSR count). The van der Waals surface area contributed by atoms with E-state index in [-0.39, 0.29) is 0 Å². The van der Waals surface area contributed by atoms with Crippen LogP contribution in [0, 0.1) is 0 Å². The number of hydrogen-bond acceptors (Lipinski definition) is 4. The van der Waals surface area contributed by atoms with Crippen LogP contribution in [0.25, 0.3) is 11.5 Å². The van der Waals surface area contributed by atoms with E-state index in [1.54, 1.807) is 0 Å². The smallest absolute Gasteiger partial charge is 0.259 e. The third-order valence-corrected chi connectivity index (χ3v) is 5.35. The van der Waals surface area contributed by atoms with Crippen LogP contribution in [0.4, 0.5) is 0 Å². The van der Waals surface area contributed by atoms with Crippen molar-refractivity contribution in [2.75, 3.05) is 0 Å². The van der Waals surface area contributed by atoms with Gasteiger partial charge in [0.25, 0.3) is 5.89 Å². The summed E-state index contributed by atoms with van der Waals surface area (Å²) < 4.78 is 6.20. The number of aromatic nitrogens is 2. The Balaban J connectivity index is 1.94. The predicted molar refractivity (Wildman–Crippen MR) is 86.0 cm³/mol. The lowest BCUT2D eigenvalue weighted by Crippen LogP contribution is -2.37. The van der Waals surface area contributed by atoms with Crippen LogP contribution in [0.15, 0.2) is 27.2 Å². The molecule has 1 fully saturated rings. The highest BCUT2D eigenvalue weighted by Crippen LogP contribution is 2.36. The number of nitrogens with two attached hydrogens (primary N) is 1. The monoisotopic (exact) mass is 369 g/mol. The van der Waals surface area contributed by atoms with Crippen LogP contribution in [0.5, 0.6) is 0 Å². The number of rotatable bonds is 2. The van der Waals surface area contributed by atoms with Gasteiger partial charge in [0.15, 0.2) is 5.82 Å². The molecule has 2 N–H and O–H groups in total. The van der Waals surface area contributed by atoms with Crippen LogP contribution in [-0.2, 0) is 5.54 Å². The van der Waals surface area contributed by atoms with E-state index in [2.05, 4.69) is 26.1 Å². The predicted octanol–water partition coefficient (Wildman–Crippen LogP) is 4.66. The molecule has 112 valence electrons. The molecule has 1 aromatic carbocycles. The summed E-state index contributed by atoms with van der Waals surface area (Å²) in [5, 5.41) is 4.68. The molecule has 0 unspecified atom stereocenters. The van der Waals surface area contributed by atoms with E-state index in [0.29, 0.717) is 16.7 Å². The second-order valence-corrected chi connectivity index (χ2v) is 6.83. The lowest BCUT2D eigenvalue weighted by molar-refractivity contribution is 0.334. The summed E-state index contributed by atoms with van der Waals surface area (Å²) in [6.07, 6.45) is 6.47. The first-order chi connectivity index (χ1) is 10.1. The van der Waals surface area contributed by atoms with E-state index in [4.69, 9.17) is 21.9 Å². The quantitative estimate of drug-likeness (QED) is 0.781. The molecule has 1 aliphatic carbocycles. The van der Waals surface area contributed by atoms with E-state index < -0.39 is 5.54 Å². The molecule has 0 bridgehead atoms. The van der Waals surface area contributed by atoms with Gasteiger partial charge in [-0.25, -0.2) is 0 Å². The molecule has 0 radical (unpaired) electrons.